The Morgan fingerprint density at radius 2 is 1.93 bits per heavy atom. The second-order valence-electron chi connectivity index (χ2n) is 6.20. The molecule has 0 bridgehead atoms. The van der Waals surface area contributed by atoms with Crippen molar-refractivity contribution in [3.8, 4) is 22.1 Å². The lowest BCUT2D eigenvalue weighted by atomic mass is 10.2. The van der Waals surface area contributed by atoms with Gasteiger partial charge in [-0.15, -0.1) is 21.5 Å². The normalized spacial score (nSPS) is 11.4. The Labute approximate surface area is 169 Å². The van der Waals surface area contributed by atoms with E-state index in [-0.39, 0.29) is 0 Å². The second kappa shape index (κ2) is 6.88. The largest absolute Gasteiger partial charge is 0.469 e. The number of aromatic nitrogens is 5. The molecule has 5 aromatic rings. The van der Waals surface area contributed by atoms with E-state index in [0.717, 1.165) is 48.9 Å². The minimum Gasteiger partial charge on any atom is -0.469 e. The summed E-state index contributed by atoms with van der Waals surface area (Å²) in [6, 6.07) is 14.0. The van der Waals surface area contributed by atoms with Gasteiger partial charge in [-0.2, -0.15) is 0 Å². The number of fused-ring (bicyclic) bond motifs is 1. The smallest absolute Gasteiger partial charge is 0.197 e. The summed E-state index contributed by atoms with van der Waals surface area (Å²) in [5, 5.41) is 13.4. The third-order valence-electron chi connectivity index (χ3n) is 4.43. The van der Waals surface area contributed by atoms with Gasteiger partial charge in [0.2, 0.25) is 0 Å². The van der Waals surface area contributed by atoms with Gasteiger partial charge in [-0.25, -0.2) is 9.97 Å². The highest BCUT2D eigenvalue weighted by Gasteiger charge is 2.18. The van der Waals surface area contributed by atoms with Crippen LogP contribution < -0.4 is 0 Å². The van der Waals surface area contributed by atoms with Crippen molar-refractivity contribution in [2.75, 3.05) is 0 Å². The first kappa shape index (κ1) is 17.2. The van der Waals surface area contributed by atoms with Crippen LogP contribution in [-0.2, 0) is 7.05 Å². The van der Waals surface area contributed by atoms with Gasteiger partial charge >= 0.3 is 0 Å². The standard InChI is InChI=1S/C20H15N5OS2/c1-12-13(9-10-26-12)18-23-24-20(25(18)2)28-19-14-6-3-4-7-15(14)21-17(22-19)16-8-5-11-27-16/h3-11H,1-2H3. The van der Waals surface area contributed by atoms with Crippen LogP contribution in [0.1, 0.15) is 5.76 Å². The number of furan rings is 1. The SMILES string of the molecule is Cc1occc1-c1nnc(Sc2nc(-c3cccs3)nc3ccccc23)n1C. The van der Waals surface area contributed by atoms with Crippen LogP contribution in [-0.4, -0.2) is 24.7 Å². The molecule has 0 amide bonds. The first-order chi connectivity index (χ1) is 13.7. The van der Waals surface area contributed by atoms with E-state index in [0.29, 0.717) is 0 Å². The first-order valence-electron chi connectivity index (χ1n) is 8.63. The third-order valence-corrected chi connectivity index (χ3v) is 6.34. The average Bonchev–Trinajstić information content (AvgIpc) is 3.45. The molecule has 28 heavy (non-hydrogen) atoms. The van der Waals surface area contributed by atoms with Crippen molar-refractivity contribution in [2.45, 2.75) is 17.1 Å². The van der Waals surface area contributed by atoms with Crippen LogP contribution in [0, 0.1) is 6.92 Å². The molecule has 0 N–H and O–H groups in total. The number of benzene rings is 1. The zero-order valence-electron chi connectivity index (χ0n) is 15.2. The van der Waals surface area contributed by atoms with Gasteiger partial charge in [0.25, 0.3) is 0 Å². The molecule has 6 nitrogen and oxygen atoms in total. The summed E-state index contributed by atoms with van der Waals surface area (Å²) >= 11 is 3.12. The predicted octanol–water partition coefficient (Wildman–Crippen LogP) is 5.21. The molecular formula is C20H15N5OS2. The number of thiophene rings is 1. The summed E-state index contributed by atoms with van der Waals surface area (Å²) in [5.74, 6) is 2.31. The quantitative estimate of drug-likeness (QED) is 0.383. The van der Waals surface area contributed by atoms with Gasteiger partial charge in [-0.05, 0) is 42.3 Å². The van der Waals surface area contributed by atoms with Crippen LogP contribution in [0.15, 0.2) is 68.7 Å². The van der Waals surface area contributed by atoms with Crippen LogP contribution in [0.2, 0.25) is 0 Å². The minimum absolute atomic E-state index is 0.726. The fraction of sp³-hybridized carbons (Fsp3) is 0.100. The number of aryl methyl sites for hydroxylation is 1. The van der Waals surface area contributed by atoms with Crippen LogP contribution in [0.4, 0.5) is 0 Å². The lowest BCUT2D eigenvalue weighted by Gasteiger charge is -2.07. The summed E-state index contributed by atoms with van der Waals surface area (Å²) in [6.07, 6.45) is 1.66. The van der Waals surface area contributed by atoms with Gasteiger partial charge in [0.1, 0.15) is 10.8 Å². The van der Waals surface area contributed by atoms with Gasteiger partial charge < -0.3 is 8.98 Å². The molecule has 0 radical (unpaired) electrons. The van der Waals surface area contributed by atoms with Crippen LogP contribution in [0.25, 0.3) is 33.0 Å². The summed E-state index contributed by atoms with van der Waals surface area (Å²) in [7, 11) is 1.95. The first-order valence-corrected chi connectivity index (χ1v) is 10.3. The summed E-state index contributed by atoms with van der Waals surface area (Å²) < 4.78 is 7.37. The Bertz CT molecular complexity index is 1270. The number of hydrogen-bond donors (Lipinski definition) is 0. The fourth-order valence-corrected chi connectivity index (χ4v) is 4.53. The molecule has 0 saturated heterocycles. The van der Waals surface area contributed by atoms with E-state index in [1.807, 2.05) is 66.4 Å². The molecule has 4 heterocycles. The average molecular weight is 406 g/mol. The minimum atomic E-state index is 0.726. The summed E-state index contributed by atoms with van der Waals surface area (Å²) in [5.41, 5.74) is 1.85. The molecule has 0 aliphatic heterocycles. The zero-order valence-corrected chi connectivity index (χ0v) is 16.8. The molecule has 0 saturated carbocycles. The maximum absolute atomic E-state index is 5.41. The van der Waals surface area contributed by atoms with Crippen molar-refractivity contribution in [1.29, 1.82) is 0 Å². The van der Waals surface area contributed by atoms with Gasteiger partial charge in [-0.3, -0.25) is 0 Å². The molecule has 0 spiro atoms. The predicted molar refractivity (Wildman–Crippen MR) is 110 cm³/mol. The molecule has 5 rings (SSSR count). The van der Waals surface area contributed by atoms with E-state index in [2.05, 4.69) is 10.2 Å². The van der Waals surface area contributed by atoms with E-state index in [4.69, 9.17) is 14.4 Å². The van der Waals surface area contributed by atoms with Crippen molar-refractivity contribution in [1.82, 2.24) is 24.7 Å². The number of para-hydroxylation sites is 1. The Kier molecular flexibility index (Phi) is 4.22. The number of hydrogen-bond acceptors (Lipinski definition) is 7. The van der Waals surface area contributed by atoms with Gasteiger partial charge in [0, 0.05) is 12.4 Å². The maximum atomic E-state index is 5.41. The highest BCUT2D eigenvalue weighted by Crippen LogP contribution is 2.34. The van der Waals surface area contributed by atoms with Crippen molar-refractivity contribution in [3.63, 3.8) is 0 Å². The van der Waals surface area contributed by atoms with E-state index in [1.54, 1.807) is 17.6 Å². The molecule has 0 fully saturated rings. The second-order valence-corrected chi connectivity index (χ2v) is 8.11. The monoisotopic (exact) mass is 405 g/mol. The lowest BCUT2D eigenvalue weighted by molar-refractivity contribution is 0.534. The van der Waals surface area contributed by atoms with Crippen molar-refractivity contribution >= 4 is 34.0 Å². The highest BCUT2D eigenvalue weighted by molar-refractivity contribution is 7.99. The Morgan fingerprint density at radius 1 is 1.04 bits per heavy atom. The van der Waals surface area contributed by atoms with E-state index in [9.17, 15) is 0 Å². The molecule has 8 heteroatoms. The van der Waals surface area contributed by atoms with E-state index >= 15 is 0 Å². The number of rotatable bonds is 4. The molecule has 0 atom stereocenters. The molecule has 138 valence electrons. The van der Waals surface area contributed by atoms with Crippen LogP contribution in [0.3, 0.4) is 0 Å². The Balaban J connectivity index is 1.61. The fourth-order valence-electron chi connectivity index (χ4n) is 2.98. The highest BCUT2D eigenvalue weighted by atomic mass is 32.2. The molecular weight excluding hydrogens is 390 g/mol. The lowest BCUT2D eigenvalue weighted by Crippen LogP contribution is -1.97. The number of nitrogens with zero attached hydrogens (tertiary/aromatic N) is 5. The van der Waals surface area contributed by atoms with Crippen molar-refractivity contribution in [3.05, 3.63) is 59.9 Å². The Morgan fingerprint density at radius 3 is 2.71 bits per heavy atom. The van der Waals surface area contributed by atoms with Crippen LogP contribution in [0.5, 0.6) is 0 Å². The van der Waals surface area contributed by atoms with Gasteiger partial charge in [0.05, 0.1) is 22.2 Å². The topological polar surface area (TPSA) is 69.6 Å². The maximum Gasteiger partial charge on any atom is 0.197 e. The van der Waals surface area contributed by atoms with Gasteiger partial charge in [0.15, 0.2) is 16.8 Å². The van der Waals surface area contributed by atoms with Crippen LogP contribution >= 0.6 is 23.1 Å². The molecule has 0 aliphatic carbocycles. The molecule has 0 aliphatic rings. The van der Waals surface area contributed by atoms with E-state index in [1.165, 1.54) is 11.8 Å². The molecule has 0 unspecified atom stereocenters. The Hall–Kier alpha value is -2.97. The summed E-state index contributed by atoms with van der Waals surface area (Å²) in [6.45, 7) is 1.92. The molecule has 4 aromatic heterocycles. The van der Waals surface area contributed by atoms with Gasteiger partial charge in [-0.1, -0.05) is 24.3 Å². The van der Waals surface area contributed by atoms with E-state index < -0.39 is 0 Å². The molecule has 1 aromatic carbocycles. The van der Waals surface area contributed by atoms with Crippen molar-refractivity contribution in [2.24, 2.45) is 7.05 Å². The zero-order chi connectivity index (χ0) is 19.1. The third kappa shape index (κ3) is 2.90. The van der Waals surface area contributed by atoms with Crippen molar-refractivity contribution < 1.29 is 4.42 Å². The summed E-state index contributed by atoms with van der Waals surface area (Å²) in [4.78, 5) is 10.6.